The van der Waals surface area contributed by atoms with Gasteiger partial charge in [-0.15, -0.1) is 0 Å². The van der Waals surface area contributed by atoms with Gasteiger partial charge in [-0.25, -0.2) is 9.48 Å². The molecule has 0 bridgehead atoms. The quantitative estimate of drug-likeness (QED) is 0.857. The van der Waals surface area contributed by atoms with Crippen LogP contribution in [0, 0.1) is 12.8 Å². The predicted octanol–water partition coefficient (Wildman–Crippen LogP) is 3.25. The van der Waals surface area contributed by atoms with E-state index in [0.29, 0.717) is 29.4 Å². The van der Waals surface area contributed by atoms with Crippen molar-refractivity contribution in [3.05, 3.63) is 41.7 Å². The van der Waals surface area contributed by atoms with Crippen LogP contribution in [0.3, 0.4) is 0 Å². The monoisotopic (exact) mass is 315 g/mol. The molecule has 2 N–H and O–H groups in total. The lowest BCUT2D eigenvalue weighted by atomic mass is 10.1. The molecule has 1 atom stereocenters. The first-order chi connectivity index (χ1) is 10.9. The maximum atomic E-state index is 12.0. The molecule has 0 fully saturated rings. The molecule has 2 aromatic rings. The van der Waals surface area contributed by atoms with E-state index in [0.717, 1.165) is 6.42 Å². The summed E-state index contributed by atoms with van der Waals surface area (Å²) in [4.78, 5) is 23.1. The highest BCUT2D eigenvalue weighted by molar-refractivity contribution is 5.91. The first-order valence-electron chi connectivity index (χ1n) is 7.60. The normalized spacial score (nSPS) is 12.0. The zero-order valence-corrected chi connectivity index (χ0v) is 13.5. The molecule has 1 unspecified atom stereocenters. The van der Waals surface area contributed by atoms with Gasteiger partial charge in [0.2, 0.25) is 5.91 Å². The van der Waals surface area contributed by atoms with E-state index in [2.05, 4.69) is 17.3 Å². The highest BCUT2D eigenvalue weighted by Crippen LogP contribution is 2.19. The lowest BCUT2D eigenvalue weighted by Gasteiger charge is -2.11. The van der Waals surface area contributed by atoms with Crippen molar-refractivity contribution in [3.8, 4) is 5.69 Å². The third-order valence-corrected chi connectivity index (χ3v) is 3.85. The molecule has 0 radical (unpaired) electrons. The van der Waals surface area contributed by atoms with Crippen LogP contribution in [0.15, 0.2) is 30.5 Å². The number of aromatic carboxylic acids is 1. The summed E-state index contributed by atoms with van der Waals surface area (Å²) in [6, 6.07) is 7.20. The van der Waals surface area contributed by atoms with Gasteiger partial charge in [-0.2, -0.15) is 5.10 Å². The molecule has 1 aromatic heterocycles. The second kappa shape index (κ2) is 7.09. The molecule has 2 rings (SSSR count). The Kier molecular flexibility index (Phi) is 5.16. The molecule has 1 aromatic carbocycles. The van der Waals surface area contributed by atoms with E-state index in [1.165, 1.54) is 6.20 Å². The lowest BCUT2D eigenvalue weighted by molar-refractivity contribution is -0.117. The summed E-state index contributed by atoms with van der Waals surface area (Å²) >= 11 is 0. The summed E-state index contributed by atoms with van der Waals surface area (Å²) < 4.78 is 1.55. The van der Waals surface area contributed by atoms with Gasteiger partial charge < -0.3 is 10.4 Å². The van der Waals surface area contributed by atoms with Crippen molar-refractivity contribution in [2.75, 3.05) is 5.32 Å². The van der Waals surface area contributed by atoms with E-state index < -0.39 is 5.97 Å². The Morgan fingerprint density at radius 1 is 1.39 bits per heavy atom. The van der Waals surface area contributed by atoms with E-state index >= 15 is 0 Å². The molecule has 0 saturated carbocycles. The maximum absolute atomic E-state index is 12.0. The van der Waals surface area contributed by atoms with Crippen molar-refractivity contribution in [2.45, 2.75) is 33.6 Å². The number of carbonyl (C=O) groups excluding carboxylic acids is 1. The fraction of sp³-hybridized carbons (Fsp3) is 0.353. The Labute approximate surface area is 135 Å². The lowest BCUT2D eigenvalue weighted by Crippen LogP contribution is -2.15. The average Bonchev–Trinajstić information content (AvgIpc) is 2.89. The van der Waals surface area contributed by atoms with Gasteiger partial charge in [-0.05, 0) is 31.0 Å². The van der Waals surface area contributed by atoms with Crippen molar-refractivity contribution in [2.24, 2.45) is 5.92 Å². The van der Waals surface area contributed by atoms with Gasteiger partial charge in [-0.1, -0.05) is 26.3 Å². The van der Waals surface area contributed by atoms with E-state index in [1.807, 2.05) is 13.0 Å². The highest BCUT2D eigenvalue weighted by atomic mass is 16.4. The summed E-state index contributed by atoms with van der Waals surface area (Å²) in [6.45, 7) is 5.79. The minimum Gasteiger partial charge on any atom is -0.478 e. The van der Waals surface area contributed by atoms with Crippen LogP contribution in [0.1, 0.15) is 42.7 Å². The molecule has 0 saturated heterocycles. The largest absolute Gasteiger partial charge is 0.478 e. The third kappa shape index (κ3) is 3.97. The van der Waals surface area contributed by atoms with E-state index in [-0.39, 0.29) is 11.5 Å². The number of hydrogen-bond donors (Lipinski definition) is 2. The Bertz CT molecular complexity index is 722. The van der Waals surface area contributed by atoms with Gasteiger partial charge in [0.1, 0.15) is 5.56 Å². The number of carboxylic acids is 1. The number of hydrogen-bond acceptors (Lipinski definition) is 3. The van der Waals surface area contributed by atoms with E-state index in [9.17, 15) is 9.59 Å². The number of nitrogens with one attached hydrogen (secondary N) is 1. The van der Waals surface area contributed by atoms with Crippen LogP contribution >= 0.6 is 0 Å². The Hall–Kier alpha value is -2.63. The van der Waals surface area contributed by atoms with Crippen molar-refractivity contribution in [1.29, 1.82) is 0 Å². The molecule has 1 heterocycles. The smallest absolute Gasteiger partial charge is 0.339 e. The van der Waals surface area contributed by atoms with E-state index in [1.54, 1.807) is 29.8 Å². The first kappa shape index (κ1) is 16.7. The van der Waals surface area contributed by atoms with Crippen molar-refractivity contribution in [3.63, 3.8) is 0 Å². The molecule has 6 heteroatoms. The van der Waals surface area contributed by atoms with Gasteiger partial charge in [0, 0.05) is 12.1 Å². The first-order valence-corrected chi connectivity index (χ1v) is 7.60. The van der Waals surface area contributed by atoms with Crippen molar-refractivity contribution >= 4 is 17.6 Å². The molecule has 1 amide bonds. The van der Waals surface area contributed by atoms with Gasteiger partial charge in [0.05, 0.1) is 17.6 Å². The summed E-state index contributed by atoms with van der Waals surface area (Å²) in [5.74, 6) is -0.698. The zero-order valence-electron chi connectivity index (χ0n) is 13.5. The second-order valence-electron chi connectivity index (χ2n) is 5.68. The van der Waals surface area contributed by atoms with Crippen LogP contribution in [0.5, 0.6) is 0 Å². The zero-order chi connectivity index (χ0) is 17.0. The van der Waals surface area contributed by atoms with Crippen molar-refractivity contribution < 1.29 is 14.7 Å². The summed E-state index contributed by atoms with van der Waals surface area (Å²) in [5.41, 5.74) is 2.08. The molecule has 23 heavy (non-hydrogen) atoms. The van der Waals surface area contributed by atoms with Crippen molar-refractivity contribution in [1.82, 2.24) is 9.78 Å². The molecule has 6 nitrogen and oxygen atoms in total. The number of anilines is 1. The summed E-state index contributed by atoms with van der Waals surface area (Å²) in [5, 5.41) is 16.1. The number of aromatic nitrogens is 2. The Balaban J connectivity index is 2.20. The molecule has 0 spiro atoms. The summed E-state index contributed by atoms with van der Waals surface area (Å²) in [6.07, 6.45) is 2.76. The predicted molar refractivity (Wildman–Crippen MR) is 88.0 cm³/mol. The SMILES string of the molecule is CCC(C)CC(=O)Nc1cccc(-n2ncc(C(=O)O)c2C)c1. The van der Waals surface area contributed by atoms with Crippen LogP contribution in [0.4, 0.5) is 5.69 Å². The standard InChI is InChI=1S/C17H21N3O3/c1-4-11(2)8-16(21)19-13-6-5-7-14(9-13)20-12(3)15(10-18-20)17(22)23/h5-7,9-11H,4,8H2,1-3H3,(H,19,21)(H,22,23). The van der Waals surface area contributed by atoms with Crippen LogP contribution in [-0.4, -0.2) is 26.8 Å². The van der Waals surface area contributed by atoms with Gasteiger partial charge in [0.15, 0.2) is 0 Å². The maximum Gasteiger partial charge on any atom is 0.339 e. The summed E-state index contributed by atoms with van der Waals surface area (Å²) in [7, 11) is 0. The number of nitrogens with zero attached hydrogens (tertiary/aromatic N) is 2. The van der Waals surface area contributed by atoms with Crippen LogP contribution < -0.4 is 5.32 Å². The topological polar surface area (TPSA) is 84.2 Å². The van der Waals surface area contributed by atoms with Gasteiger partial charge in [-0.3, -0.25) is 4.79 Å². The molecule has 0 aliphatic rings. The Morgan fingerprint density at radius 2 is 2.13 bits per heavy atom. The number of benzene rings is 1. The number of carboxylic acid groups (broad SMARTS) is 1. The average molecular weight is 315 g/mol. The molecule has 0 aliphatic heterocycles. The Morgan fingerprint density at radius 3 is 2.74 bits per heavy atom. The minimum atomic E-state index is -1.01. The van der Waals surface area contributed by atoms with Crippen LogP contribution in [0.2, 0.25) is 0 Å². The minimum absolute atomic E-state index is 0.0279. The van der Waals surface area contributed by atoms with Crippen LogP contribution in [-0.2, 0) is 4.79 Å². The highest BCUT2D eigenvalue weighted by Gasteiger charge is 2.14. The molecule has 0 aliphatic carbocycles. The van der Waals surface area contributed by atoms with E-state index in [4.69, 9.17) is 5.11 Å². The third-order valence-electron chi connectivity index (χ3n) is 3.85. The molecule has 122 valence electrons. The number of amides is 1. The fourth-order valence-electron chi connectivity index (χ4n) is 2.27. The van der Waals surface area contributed by atoms with Gasteiger partial charge in [0.25, 0.3) is 0 Å². The number of rotatable bonds is 6. The van der Waals surface area contributed by atoms with Crippen LogP contribution in [0.25, 0.3) is 5.69 Å². The second-order valence-corrected chi connectivity index (χ2v) is 5.68. The number of carbonyl (C=O) groups is 2. The molecular formula is C17H21N3O3. The fourth-order valence-corrected chi connectivity index (χ4v) is 2.27. The van der Waals surface area contributed by atoms with Gasteiger partial charge >= 0.3 is 5.97 Å². The molecular weight excluding hydrogens is 294 g/mol.